The van der Waals surface area contributed by atoms with E-state index in [1.54, 1.807) is 40.9 Å². The number of hydrogen-bond donors (Lipinski definition) is 3. The van der Waals surface area contributed by atoms with Gasteiger partial charge < -0.3 is 19.8 Å². The molecule has 2 aromatic carbocycles. The van der Waals surface area contributed by atoms with Gasteiger partial charge in [0.15, 0.2) is 5.16 Å². The van der Waals surface area contributed by atoms with Gasteiger partial charge in [-0.2, -0.15) is 9.97 Å². The van der Waals surface area contributed by atoms with Gasteiger partial charge in [-0.15, -0.1) is 34.0 Å². The molecule has 17 nitrogen and oxygen atoms in total. The Bertz CT molecular complexity index is 3910. The molecule has 0 saturated carbocycles. The van der Waals surface area contributed by atoms with E-state index in [0.717, 1.165) is 163 Å². The molecule has 0 aliphatic carbocycles. The summed E-state index contributed by atoms with van der Waals surface area (Å²) in [5.41, 5.74) is 12.6. The van der Waals surface area contributed by atoms with Gasteiger partial charge in [0, 0.05) is 132 Å². The number of rotatable bonds is 19. The van der Waals surface area contributed by atoms with Crippen LogP contribution in [0.4, 0.5) is 68.7 Å². The summed E-state index contributed by atoms with van der Waals surface area (Å²) in [5.74, 6) is 1.91. The monoisotopic (exact) mass is 1560 g/mol. The van der Waals surface area contributed by atoms with E-state index in [0.29, 0.717) is 35.0 Å². The van der Waals surface area contributed by atoms with Crippen LogP contribution in [0.3, 0.4) is 0 Å². The molecule has 0 aliphatic rings. The highest BCUT2D eigenvalue weighted by Crippen LogP contribution is 2.27. The number of imidazole rings is 2. The molecule has 0 bridgehead atoms. The molecule has 0 fully saturated rings. The molecular formula is C58H69Cl3F15N13O4S5. The normalized spacial score (nSPS) is 10.0. The van der Waals surface area contributed by atoms with Gasteiger partial charge in [-0.1, -0.05) is 70.8 Å². The largest absolute Gasteiger partial charge is 0.463 e. The number of aromatic nitrogens is 13. The highest BCUT2D eigenvalue weighted by Gasteiger charge is 2.19. The average Bonchev–Trinajstić information content (AvgIpc) is 1.31. The van der Waals surface area contributed by atoms with Crippen LogP contribution in [0.15, 0.2) is 58.8 Å². The van der Waals surface area contributed by atoms with Crippen molar-refractivity contribution in [2.75, 3.05) is 25.7 Å². The Labute approximate surface area is 585 Å². The minimum absolute atomic E-state index is 0. The van der Waals surface area contributed by atoms with Crippen LogP contribution < -0.4 is 4.74 Å². The first-order valence-electron chi connectivity index (χ1n) is 27.8. The van der Waals surface area contributed by atoms with Crippen LogP contribution in [-0.2, 0) is 61.2 Å². The van der Waals surface area contributed by atoms with Crippen LogP contribution in [0, 0.1) is 62.3 Å². The molecule has 0 atom stereocenters. The Morgan fingerprint density at radius 1 is 0.469 bits per heavy atom. The molecule has 0 amide bonds. The maximum absolute atomic E-state index is 11.6. The number of fused-ring (bicyclic) bond motifs is 2. The number of sulfone groups is 1. The predicted octanol–water partition coefficient (Wildman–Crippen LogP) is 19.4. The van der Waals surface area contributed by atoms with Crippen LogP contribution in [0.2, 0.25) is 15.5 Å². The summed E-state index contributed by atoms with van der Waals surface area (Å²) in [6, 6.07) is 16.3. The SMILES string of the molecule is CSc1nc(Cl)c(C)c(CCc2sc(C)nc2C)n1.Cc1nc(C)c(CCc2nc(OCCCc3nc4ccccc4[nH]3)nc(Cl)c2C)s1.Cc1nc(C)c(CCc2nc(S(C)(=O)=O)nc(Cl)c2C)s1.F.FF.FF.FF.FF.FF.FF.FF.OCCCc1nc2ccccc2[nH]1. The molecule has 0 saturated heterocycles. The fourth-order valence-corrected chi connectivity index (χ4v) is 13.0. The van der Waals surface area contributed by atoms with Gasteiger partial charge in [-0.05, 0) is 144 Å². The van der Waals surface area contributed by atoms with E-state index in [2.05, 4.69) is 78.6 Å². The van der Waals surface area contributed by atoms with E-state index < -0.39 is 9.84 Å². The minimum atomic E-state index is -3.47. The molecule has 0 radical (unpaired) electrons. The third-order valence-corrected chi connectivity index (χ3v) is 18.9. The number of thioether (sulfide) groups is 1. The van der Waals surface area contributed by atoms with E-state index in [9.17, 15) is 8.42 Å². The van der Waals surface area contributed by atoms with Crippen molar-refractivity contribution in [3.05, 3.63) is 156 Å². The average molecular weight is 1560 g/mol. The van der Waals surface area contributed by atoms with Gasteiger partial charge in [0.2, 0.25) is 15.0 Å². The van der Waals surface area contributed by atoms with Gasteiger partial charge in [-0.25, -0.2) is 53.3 Å². The van der Waals surface area contributed by atoms with Gasteiger partial charge >= 0.3 is 6.01 Å². The first kappa shape index (κ1) is 93.4. The van der Waals surface area contributed by atoms with Crippen LogP contribution in [-0.4, -0.2) is 104 Å². The Balaban J connectivity index is 0. The molecule has 0 spiro atoms. The smallest absolute Gasteiger partial charge is 0.318 e. The van der Waals surface area contributed by atoms with Crippen molar-refractivity contribution in [2.24, 2.45) is 0 Å². The Kier molecular flexibility index (Phi) is 49.1. The zero-order valence-corrected chi connectivity index (χ0v) is 60.4. The van der Waals surface area contributed by atoms with E-state index in [-0.39, 0.29) is 21.6 Å². The third kappa shape index (κ3) is 31.3. The van der Waals surface area contributed by atoms with Gasteiger partial charge in [0.1, 0.15) is 27.1 Å². The predicted molar refractivity (Wildman–Crippen MR) is 357 cm³/mol. The zero-order valence-electron chi connectivity index (χ0n) is 54.1. The maximum atomic E-state index is 11.6. The van der Waals surface area contributed by atoms with E-state index >= 15 is 0 Å². The quantitative estimate of drug-likeness (QED) is 0.0224. The Hall–Kier alpha value is -6.61. The second-order valence-electron chi connectivity index (χ2n) is 19.5. The van der Waals surface area contributed by atoms with Gasteiger partial charge in [-0.3, -0.25) is 4.70 Å². The summed E-state index contributed by atoms with van der Waals surface area (Å²) < 4.78 is 141. The third-order valence-electron chi connectivity index (χ3n) is 13.0. The Morgan fingerprint density at radius 2 is 0.827 bits per heavy atom. The van der Waals surface area contributed by atoms with Crippen molar-refractivity contribution in [3.63, 3.8) is 0 Å². The molecule has 10 aromatic rings. The lowest BCUT2D eigenvalue weighted by atomic mass is 10.1. The number of benzene rings is 2. The number of thiazole rings is 3. The van der Waals surface area contributed by atoms with Gasteiger partial charge in [0.25, 0.3) is 0 Å². The van der Waals surface area contributed by atoms with Crippen molar-refractivity contribution in [1.29, 1.82) is 0 Å². The van der Waals surface area contributed by atoms with Crippen molar-refractivity contribution in [1.82, 2.24) is 64.8 Å². The fraction of sp³-hybridized carbons (Fsp3) is 0.397. The summed E-state index contributed by atoms with van der Waals surface area (Å²) in [7, 11) is -3.47. The number of ether oxygens (including phenoxy) is 1. The molecule has 0 unspecified atom stereocenters. The molecule has 3 N–H and O–H groups in total. The highest BCUT2D eigenvalue weighted by molar-refractivity contribution is 7.98. The van der Waals surface area contributed by atoms with Crippen molar-refractivity contribution >= 4 is 112 Å². The summed E-state index contributed by atoms with van der Waals surface area (Å²) in [5, 5.41) is 13.6. The van der Waals surface area contributed by atoms with Crippen LogP contribution in [0.5, 0.6) is 6.01 Å². The topological polar surface area (TPSA) is 237 Å². The summed E-state index contributed by atoms with van der Waals surface area (Å²) in [6.45, 7) is 18.6. The number of hydrogen-bond acceptors (Lipinski definition) is 19. The number of aryl methyl sites for hydroxylation is 14. The first-order valence-corrected chi connectivity index (χ1v) is 34.5. The summed E-state index contributed by atoms with van der Waals surface area (Å²) in [6.07, 6.45) is 11.1. The number of aliphatic hydroxyl groups is 1. The molecule has 40 heteroatoms. The lowest BCUT2D eigenvalue weighted by Gasteiger charge is -2.10. The number of aromatic amines is 2. The maximum Gasteiger partial charge on any atom is 0.318 e. The van der Waals surface area contributed by atoms with Crippen molar-refractivity contribution < 1.29 is 87.0 Å². The molecule has 8 heterocycles. The van der Waals surface area contributed by atoms with Crippen molar-refractivity contribution in [2.45, 2.75) is 137 Å². The number of nitrogens with zero attached hydrogens (tertiary/aromatic N) is 11. The fourth-order valence-electron chi connectivity index (χ4n) is 8.60. The van der Waals surface area contributed by atoms with Crippen LogP contribution >= 0.6 is 80.6 Å². The minimum Gasteiger partial charge on any atom is -0.463 e. The van der Waals surface area contributed by atoms with Crippen LogP contribution in [0.1, 0.15) is 105 Å². The van der Waals surface area contributed by atoms with Gasteiger partial charge in [0.05, 0.1) is 66.5 Å². The molecule has 98 heavy (non-hydrogen) atoms. The number of nitrogens with one attached hydrogen (secondary N) is 2. The first-order chi connectivity index (χ1) is 46.6. The van der Waals surface area contributed by atoms with E-state index in [1.165, 1.54) is 26.4 Å². The zero-order chi connectivity index (χ0) is 74.0. The number of aliphatic hydroxyl groups excluding tert-OH is 1. The number of halogens is 18. The van der Waals surface area contributed by atoms with Crippen molar-refractivity contribution in [3.8, 4) is 6.01 Å². The highest BCUT2D eigenvalue weighted by atomic mass is 35.5. The number of H-pyrrole nitrogens is 2. The van der Waals surface area contributed by atoms with E-state index in [4.69, 9.17) is 109 Å². The summed E-state index contributed by atoms with van der Waals surface area (Å²) in [4.78, 5) is 58.3. The van der Waals surface area contributed by atoms with E-state index in [1.807, 2.05) is 96.3 Å². The molecular weight excluding hydrogens is 1490 g/mol. The molecule has 546 valence electrons. The molecule has 0 aliphatic heterocycles. The second kappa shape index (κ2) is 51.5. The lowest BCUT2D eigenvalue weighted by Crippen LogP contribution is -2.09. The Morgan fingerprint density at radius 3 is 1.18 bits per heavy atom. The molecule has 10 rings (SSSR count). The standard InChI is InChI=1S/C22H24ClN5OS.C13H16ClN3O2S2.C13H16ClN3S2.C10H12N2O.7F2.FH/c1-13-16(10-11-19-14(2)24-15(3)30-19)27-22(28-21(13)23)29-12-6-9-20-25-17-7-4-5-8-18(17)26-20;1-7-10(5-6-11-8(2)15-9(3)20-11)16-13(17-12(7)14)21(4,18)19;1-7-10(16-13(18-4)17-12(7)14)5-6-11-8(2)15-9(3)19-11;13-7-3-6-10-11-8-4-1-2-5-9(8)12-10;7*1-2;/h4-5,7-8H,6,9-12H2,1-3H3,(H,25,26);5-6H2,1-4H3;5-6H2,1-4H3;1-2,4-5,13H,3,6-7H2,(H,11,12);;;;;;;;1H. The summed E-state index contributed by atoms with van der Waals surface area (Å²) >= 11 is 25.2. The lowest BCUT2D eigenvalue weighted by molar-refractivity contribution is 0.108. The second-order valence-corrected chi connectivity index (χ2v) is 27.1. The number of para-hydroxylation sites is 4. The van der Waals surface area contributed by atoms with Crippen LogP contribution in [0.25, 0.3) is 22.1 Å². The molecule has 8 aromatic heterocycles.